The number of hydrogen-bond acceptors (Lipinski definition) is 16. The number of imide groups is 2. The van der Waals surface area contributed by atoms with Crippen LogP contribution in [0.2, 0.25) is 0 Å². The van der Waals surface area contributed by atoms with Crippen molar-refractivity contribution in [2.75, 3.05) is 63.8 Å². The lowest BCUT2D eigenvalue weighted by Gasteiger charge is -2.27. The Balaban J connectivity index is 0.758. The highest BCUT2D eigenvalue weighted by atomic mass is 16.6. The molecule has 0 spiro atoms. The summed E-state index contributed by atoms with van der Waals surface area (Å²) in [5.41, 5.74) is 8.13. The van der Waals surface area contributed by atoms with Gasteiger partial charge in [0.2, 0.25) is 23.6 Å². The zero-order chi connectivity index (χ0) is 47.0. The molecule has 8 rings (SSSR count). The third kappa shape index (κ3) is 10.0. The fourth-order valence-corrected chi connectivity index (χ4v) is 8.04. The number of amides is 6. The smallest absolute Gasteiger partial charge is 0.329 e. The number of esters is 1. The van der Waals surface area contributed by atoms with Gasteiger partial charge < -0.3 is 39.6 Å². The number of fused-ring (bicyclic) bond motifs is 2. The number of carbonyl (C=O) groups is 7. The van der Waals surface area contributed by atoms with E-state index >= 15 is 0 Å². The van der Waals surface area contributed by atoms with Crippen LogP contribution < -0.4 is 21.1 Å². The summed E-state index contributed by atoms with van der Waals surface area (Å²) in [5, 5.41) is 10.1. The first-order valence-electron chi connectivity index (χ1n) is 21.3. The van der Waals surface area contributed by atoms with E-state index in [2.05, 4.69) is 27.2 Å². The molecule has 21 heteroatoms. The summed E-state index contributed by atoms with van der Waals surface area (Å²) in [6.07, 6.45) is 2.64. The number of nitrogen functional groups attached to an aromatic ring is 1. The lowest BCUT2D eigenvalue weighted by Crippen LogP contribution is -2.54. The number of para-hydroxylation sites is 1. The Morgan fingerprint density at radius 2 is 1.57 bits per heavy atom. The van der Waals surface area contributed by atoms with Crippen LogP contribution in [-0.2, 0) is 42.9 Å². The third-order valence-corrected chi connectivity index (χ3v) is 11.2. The largest absolute Gasteiger partial charge is 0.462 e. The van der Waals surface area contributed by atoms with Gasteiger partial charge in [-0.1, -0.05) is 30.8 Å². The van der Waals surface area contributed by atoms with Crippen molar-refractivity contribution in [3.05, 3.63) is 103 Å². The quantitative estimate of drug-likeness (QED) is 0.0465. The van der Waals surface area contributed by atoms with Gasteiger partial charge in [0.05, 0.1) is 61.3 Å². The van der Waals surface area contributed by atoms with Crippen LogP contribution in [0.15, 0.2) is 91.8 Å². The maximum absolute atomic E-state index is 13.4. The molecule has 21 nitrogen and oxygen atoms in total. The van der Waals surface area contributed by atoms with Crippen LogP contribution in [0.1, 0.15) is 46.0 Å². The van der Waals surface area contributed by atoms with Gasteiger partial charge in [0, 0.05) is 24.9 Å². The molecule has 3 aliphatic heterocycles. The molecule has 3 aromatic carbocycles. The lowest BCUT2D eigenvalue weighted by molar-refractivity contribution is -0.153. The zero-order valence-electron chi connectivity index (χ0n) is 36.0. The number of anilines is 2. The fraction of sp³-hybridized carbons (Fsp3) is 0.304. The van der Waals surface area contributed by atoms with E-state index in [0.29, 0.717) is 28.2 Å². The maximum Gasteiger partial charge on any atom is 0.329 e. The normalized spacial score (nSPS) is 17.9. The summed E-state index contributed by atoms with van der Waals surface area (Å²) >= 11 is 0. The van der Waals surface area contributed by atoms with Gasteiger partial charge in [-0.25, -0.2) is 19.4 Å². The minimum Gasteiger partial charge on any atom is -0.462 e. The molecule has 6 amide bonds. The first-order valence-corrected chi connectivity index (χ1v) is 21.3. The predicted molar refractivity (Wildman–Crippen MR) is 236 cm³/mol. The SMILES string of the molecule is C=CC(=O)N1CC(n2nc(-c3ccc(Oc4ccccc4)cc3)c3c(N)ncnc32)CC1C(=O)OCCOCCOCCOCC(=O)Nc1cccc2c1C(=O)N(C1CCC(=O)NC1=O)C2=O. The molecule has 3 aliphatic rings. The van der Waals surface area contributed by atoms with Crippen molar-refractivity contribution in [1.29, 1.82) is 0 Å². The van der Waals surface area contributed by atoms with Gasteiger partial charge in [0.15, 0.2) is 5.65 Å². The first-order chi connectivity index (χ1) is 32.5. The number of nitrogens with two attached hydrogens (primary N) is 1. The van der Waals surface area contributed by atoms with Gasteiger partial charge in [-0.2, -0.15) is 5.10 Å². The average molecular weight is 916 g/mol. The van der Waals surface area contributed by atoms with Crippen molar-refractivity contribution in [2.45, 2.75) is 37.4 Å². The number of rotatable bonds is 19. The van der Waals surface area contributed by atoms with Crippen molar-refractivity contribution in [1.82, 2.24) is 34.9 Å². The highest BCUT2D eigenvalue weighted by Gasteiger charge is 2.46. The molecule has 0 radical (unpaired) electrons. The van der Waals surface area contributed by atoms with Crippen molar-refractivity contribution in [2.24, 2.45) is 0 Å². The molecular formula is C46H45N9O12. The van der Waals surface area contributed by atoms with E-state index in [0.717, 1.165) is 16.5 Å². The Kier molecular flexibility index (Phi) is 14.0. The highest BCUT2D eigenvalue weighted by molar-refractivity contribution is 6.26. The second-order valence-corrected chi connectivity index (χ2v) is 15.5. The molecule has 67 heavy (non-hydrogen) atoms. The minimum atomic E-state index is -1.14. The number of benzene rings is 3. The molecule has 0 saturated carbocycles. The second kappa shape index (κ2) is 20.5. The van der Waals surface area contributed by atoms with Crippen molar-refractivity contribution in [3.8, 4) is 22.8 Å². The van der Waals surface area contributed by atoms with Crippen LogP contribution in [0.3, 0.4) is 0 Å². The third-order valence-electron chi connectivity index (χ3n) is 11.2. The second-order valence-electron chi connectivity index (χ2n) is 15.5. The molecule has 5 aromatic rings. The number of piperidine rings is 1. The molecule has 0 bridgehead atoms. The molecule has 3 atom stereocenters. The Morgan fingerprint density at radius 1 is 0.851 bits per heavy atom. The first kappa shape index (κ1) is 45.7. The van der Waals surface area contributed by atoms with E-state index in [1.165, 1.54) is 29.4 Å². The lowest BCUT2D eigenvalue weighted by atomic mass is 10.0. The number of ether oxygens (including phenoxy) is 5. The van der Waals surface area contributed by atoms with Gasteiger partial charge >= 0.3 is 5.97 Å². The molecular weight excluding hydrogens is 871 g/mol. The number of aromatic nitrogens is 4. The monoisotopic (exact) mass is 915 g/mol. The van der Waals surface area contributed by atoms with Crippen LogP contribution in [-0.4, -0.2) is 136 Å². The summed E-state index contributed by atoms with van der Waals surface area (Å²) in [7, 11) is 0. The van der Waals surface area contributed by atoms with Crippen molar-refractivity contribution in [3.63, 3.8) is 0 Å². The Bertz CT molecular complexity index is 2730. The number of nitrogens with zero attached hydrogens (tertiary/aromatic N) is 6. The molecule has 2 saturated heterocycles. The van der Waals surface area contributed by atoms with E-state index in [9.17, 15) is 33.6 Å². The van der Waals surface area contributed by atoms with Crippen LogP contribution >= 0.6 is 0 Å². The standard InChI is InChI=1S/C46H45N9O12/c1-2-37(58)53-24-28(55-42-39(41(47)48-26-49-42)40(52-55)27-11-13-30(14-12-27)67-29-7-4-3-5-8-29)23-34(53)46(62)66-22-21-64-18-17-63-19-20-65-25-36(57)50-32-10-6-9-31-38(32)45(61)54(44(31)60)33-15-16-35(56)51-43(33)59/h2-14,26,28,33-34H,1,15-25H2,(H,50,57)(H2,47,48,49)(H,51,56,59). The maximum atomic E-state index is 13.4. The van der Waals surface area contributed by atoms with Crippen LogP contribution in [0, 0.1) is 0 Å². The number of nitrogens with one attached hydrogen (secondary N) is 2. The highest BCUT2D eigenvalue weighted by Crippen LogP contribution is 2.37. The Hall–Kier alpha value is -7.88. The molecule has 3 unspecified atom stereocenters. The van der Waals surface area contributed by atoms with Crippen molar-refractivity contribution >= 4 is 64.0 Å². The molecule has 346 valence electrons. The topological polar surface area (TPSA) is 266 Å². The van der Waals surface area contributed by atoms with E-state index < -0.39 is 59.5 Å². The zero-order valence-corrected chi connectivity index (χ0v) is 36.0. The van der Waals surface area contributed by atoms with Crippen LogP contribution in [0.5, 0.6) is 11.5 Å². The summed E-state index contributed by atoms with van der Waals surface area (Å²) < 4.78 is 29.6. The van der Waals surface area contributed by atoms with Gasteiger partial charge in [0.25, 0.3) is 11.8 Å². The van der Waals surface area contributed by atoms with Gasteiger partial charge in [-0.15, -0.1) is 0 Å². The average Bonchev–Trinajstić information content (AvgIpc) is 4.02. The van der Waals surface area contributed by atoms with E-state index in [1.807, 2.05) is 54.6 Å². The molecule has 0 aliphatic carbocycles. The summed E-state index contributed by atoms with van der Waals surface area (Å²) in [5.74, 6) is -2.78. The Labute approximate surface area is 382 Å². The van der Waals surface area contributed by atoms with Crippen LogP contribution in [0.4, 0.5) is 11.5 Å². The predicted octanol–water partition coefficient (Wildman–Crippen LogP) is 2.83. The number of hydrogen-bond donors (Lipinski definition) is 3. The summed E-state index contributed by atoms with van der Waals surface area (Å²) in [6.45, 7) is 3.83. The van der Waals surface area contributed by atoms with Gasteiger partial charge in [-0.3, -0.25) is 39.0 Å². The molecule has 2 fully saturated rings. The van der Waals surface area contributed by atoms with Crippen molar-refractivity contribution < 1.29 is 57.2 Å². The molecule has 4 N–H and O–H groups in total. The summed E-state index contributed by atoms with van der Waals surface area (Å²) in [4.78, 5) is 100. The number of likely N-dealkylation sites (tertiary alicyclic amines) is 1. The van der Waals surface area contributed by atoms with E-state index in [1.54, 1.807) is 4.68 Å². The van der Waals surface area contributed by atoms with E-state index in [4.69, 9.17) is 34.5 Å². The molecule has 2 aromatic heterocycles. The Morgan fingerprint density at radius 3 is 2.30 bits per heavy atom. The minimum absolute atomic E-state index is 0.00394. The number of carbonyl (C=O) groups excluding carboxylic acids is 7. The summed E-state index contributed by atoms with van der Waals surface area (Å²) in [6, 6.07) is 18.6. The van der Waals surface area contributed by atoms with Gasteiger partial charge in [0.1, 0.15) is 54.6 Å². The van der Waals surface area contributed by atoms with Gasteiger partial charge in [-0.05, 0) is 61.0 Å². The van der Waals surface area contributed by atoms with E-state index in [-0.39, 0.29) is 94.7 Å². The van der Waals surface area contributed by atoms with Crippen LogP contribution in [0.25, 0.3) is 22.3 Å². The fourth-order valence-electron chi connectivity index (χ4n) is 8.04. The molecule has 5 heterocycles.